The van der Waals surface area contributed by atoms with Crippen LogP contribution in [0.25, 0.3) is 16.5 Å². The van der Waals surface area contributed by atoms with Crippen LogP contribution in [0.3, 0.4) is 0 Å². The van der Waals surface area contributed by atoms with Crippen molar-refractivity contribution in [2.45, 2.75) is 25.3 Å². The van der Waals surface area contributed by atoms with Crippen LogP contribution in [0.5, 0.6) is 0 Å². The van der Waals surface area contributed by atoms with Gasteiger partial charge in [-0.05, 0) is 36.8 Å². The molecule has 2 amide bonds. The van der Waals surface area contributed by atoms with E-state index in [1.165, 1.54) is 5.56 Å². The number of amides is 2. The number of carbonyl (C=O) groups excluding carboxylic acids is 2. The molecule has 0 spiro atoms. The first-order valence-corrected chi connectivity index (χ1v) is 12.0. The average molecular weight is 466 g/mol. The maximum atomic E-state index is 13.2. The van der Waals surface area contributed by atoms with E-state index in [1.54, 1.807) is 12.5 Å². The SMILES string of the molecule is O=C1NC(=O)C(c2cccc3ccoc23)=C1C1=NC=CN2c3c(cccc31)CC2C1CCOCC1. The van der Waals surface area contributed by atoms with Gasteiger partial charge >= 0.3 is 0 Å². The largest absolute Gasteiger partial charge is 0.464 e. The van der Waals surface area contributed by atoms with Crippen molar-refractivity contribution >= 4 is 39.8 Å². The third kappa shape index (κ3) is 3.04. The molecule has 7 heteroatoms. The number of furan rings is 1. The van der Waals surface area contributed by atoms with Crippen LogP contribution in [0.4, 0.5) is 5.69 Å². The van der Waals surface area contributed by atoms with Gasteiger partial charge < -0.3 is 14.1 Å². The number of aliphatic imine (C=N–C) groups is 1. The van der Waals surface area contributed by atoms with Gasteiger partial charge in [0.2, 0.25) is 0 Å². The molecule has 1 atom stereocenters. The van der Waals surface area contributed by atoms with Crippen molar-refractivity contribution in [3.05, 3.63) is 83.4 Å². The van der Waals surface area contributed by atoms with Crippen molar-refractivity contribution < 1.29 is 18.7 Å². The van der Waals surface area contributed by atoms with Crippen molar-refractivity contribution in [3.63, 3.8) is 0 Å². The maximum Gasteiger partial charge on any atom is 0.261 e. The highest BCUT2D eigenvalue weighted by molar-refractivity contribution is 6.48. The summed E-state index contributed by atoms with van der Waals surface area (Å²) >= 11 is 0. The van der Waals surface area contributed by atoms with E-state index in [2.05, 4.69) is 16.3 Å². The van der Waals surface area contributed by atoms with E-state index < -0.39 is 11.8 Å². The monoisotopic (exact) mass is 465 g/mol. The number of nitrogens with zero attached hydrogens (tertiary/aromatic N) is 2. The molecule has 1 unspecified atom stereocenters. The topological polar surface area (TPSA) is 84.1 Å². The van der Waals surface area contributed by atoms with Gasteiger partial charge in [-0.25, -0.2) is 0 Å². The standard InChI is InChI=1S/C28H23N3O4/c32-27-22(19-5-1-3-17-9-14-35-26(17)19)23(28(33)30-27)24-20-6-2-4-18-15-21(16-7-12-34-13-8-16)31(25(18)20)11-10-29-24/h1-6,9-11,14,16,21H,7-8,12-13,15H2,(H,30,32,33). The first kappa shape index (κ1) is 20.4. The lowest BCUT2D eigenvalue weighted by molar-refractivity contribution is -0.123. The van der Waals surface area contributed by atoms with Gasteiger partial charge in [-0.2, -0.15) is 0 Å². The summed E-state index contributed by atoms with van der Waals surface area (Å²) in [6.07, 6.45) is 8.37. The molecule has 7 nitrogen and oxygen atoms in total. The van der Waals surface area contributed by atoms with Crippen LogP contribution < -0.4 is 10.2 Å². The van der Waals surface area contributed by atoms with E-state index in [9.17, 15) is 9.59 Å². The predicted molar refractivity (Wildman–Crippen MR) is 132 cm³/mol. The highest BCUT2D eigenvalue weighted by Gasteiger charge is 2.41. The highest BCUT2D eigenvalue weighted by atomic mass is 16.5. The highest BCUT2D eigenvalue weighted by Crippen LogP contribution is 2.43. The smallest absolute Gasteiger partial charge is 0.261 e. The number of hydrogen-bond acceptors (Lipinski definition) is 6. The number of rotatable bonds is 3. The molecule has 7 rings (SSSR count). The molecule has 3 aromatic rings. The van der Waals surface area contributed by atoms with Crippen LogP contribution in [-0.4, -0.2) is 36.8 Å². The zero-order chi connectivity index (χ0) is 23.5. The molecule has 1 fully saturated rings. The Morgan fingerprint density at radius 3 is 2.63 bits per heavy atom. The van der Waals surface area contributed by atoms with Crippen molar-refractivity contribution in [1.29, 1.82) is 0 Å². The van der Waals surface area contributed by atoms with E-state index in [1.807, 2.05) is 42.6 Å². The van der Waals surface area contributed by atoms with Gasteiger partial charge in [0.1, 0.15) is 5.58 Å². The quantitative estimate of drug-likeness (QED) is 0.592. The molecule has 1 saturated heterocycles. The number of hydrogen-bond donors (Lipinski definition) is 1. The molecule has 4 aliphatic rings. The summed E-state index contributed by atoms with van der Waals surface area (Å²) in [4.78, 5) is 33.3. The van der Waals surface area contributed by atoms with Gasteiger partial charge in [-0.15, -0.1) is 0 Å². The van der Waals surface area contributed by atoms with Gasteiger partial charge in [0, 0.05) is 48.2 Å². The predicted octanol–water partition coefficient (Wildman–Crippen LogP) is 3.97. The number of nitrogens with one attached hydrogen (secondary N) is 1. The number of para-hydroxylation sites is 2. The van der Waals surface area contributed by atoms with E-state index >= 15 is 0 Å². The lowest BCUT2D eigenvalue weighted by Crippen LogP contribution is -2.37. The molecule has 35 heavy (non-hydrogen) atoms. The zero-order valence-electron chi connectivity index (χ0n) is 19.0. The summed E-state index contributed by atoms with van der Waals surface area (Å²) < 4.78 is 11.3. The summed E-state index contributed by atoms with van der Waals surface area (Å²) in [6, 6.07) is 13.9. The van der Waals surface area contributed by atoms with Crippen molar-refractivity contribution in [2.24, 2.45) is 10.9 Å². The Hall–Kier alpha value is -3.97. The number of benzene rings is 2. The van der Waals surface area contributed by atoms with Crippen molar-refractivity contribution in [3.8, 4) is 0 Å². The summed E-state index contributed by atoms with van der Waals surface area (Å²) in [7, 11) is 0. The summed E-state index contributed by atoms with van der Waals surface area (Å²) in [5.41, 5.74) is 5.44. The zero-order valence-corrected chi connectivity index (χ0v) is 19.0. The van der Waals surface area contributed by atoms with Gasteiger partial charge in [0.15, 0.2) is 0 Å². The fraction of sp³-hybridized carbons (Fsp3) is 0.250. The average Bonchev–Trinajstić information content (AvgIpc) is 3.54. The molecule has 0 bridgehead atoms. The number of imide groups is 1. The second-order valence-corrected chi connectivity index (χ2v) is 9.40. The lowest BCUT2D eigenvalue weighted by Gasteiger charge is -2.33. The summed E-state index contributed by atoms with van der Waals surface area (Å²) in [5.74, 6) is -0.349. The summed E-state index contributed by atoms with van der Waals surface area (Å²) in [6.45, 7) is 1.58. The fourth-order valence-corrected chi connectivity index (χ4v) is 6.00. The molecule has 0 aliphatic carbocycles. The van der Waals surface area contributed by atoms with E-state index in [-0.39, 0.29) is 5.57 Å². The normalized spacial score (nSPS) is 22.0. The third-order valence-electron chi connectivity index (χ3n) is 7.58. The number of ether oxygens (including phenoxy) is 1. The van der Waals surface area contributed by atoms with Crippen LogP contribution >= 0.6 is 0 Å². The van der Waals surface area contributed by atoms with Gasteiger partial charge in [-0.1, -0.05) is 36.4 Å². The van der Waals surface area contributed by atoms with E-state index in [0.717, 1.165) is 49.1 Å². The summed E-state index contributed by atoms with van der Waals surface area (Å²) in [5, 5.41) is 3.37. The molecule has 2 aromatic carbocycles. The van der Waals surface area contributed by atoms with Crippen molar-refractivity contribution in [2.75, 3.05) is 18.1 Å². The second kappa shape index (κ2) is 7.78. The number of fused-ring (bicyclic) bond motifs is 1. The second-order valence-electron chi connectivity index (χ2n) is 9.40. The molecule has 1 N–H and O–H groups in total. The van der Waals surface area contributed by atoms with Crippen LogP contribution in [0.2, 0.25) is 0 Å². The minimum atomic E-state index is -0.439. The first-order valence-electron chi connectivity index (χ1n) is 12.0. The molecule has 1 aromatic heterocycles. The Balaban J connectivity index is 1.40. The molecule has 0 radical (unpaired) electrons. The first-order chi connectivity index (χ1) is 17.2. The Labute approximate surface area is 201 Å². The Kier molecular flexibility index (Phi) is 4.54. The minimum Gasteiger partial charge on any atom is -0.464 e. The lowest BCUT2D eigenvalue weighted by atomic mass is 9.89. The van der Waals surface area contributed by atoms with Crippen LogP contribution in [-0.2, 0) is 20.7 Å². The molecule has 174 valence electrons. The van der Waals surface area contributed by atoms with Crippen LogP contribution in [0.1, 0.15) is 29.5 Å². The van der Waals surface area contributed by atoms with Gasteiger partial charge in [-0.3, -0.25) is 19.9 Å². The van der Waals surface area contributed by atoms with Crippen molar-refractivity contribution in [1.82, 2.24) is 5.32 Å². The fourth-order valence-electron chi connectivity index (χ4n) is 6.00. The Morgan fingerprint density at radius 2 is 1.74 bits per heavy atom. The van der Waals surface area contributed by atoms with E-state index in [0.29, 0.717) is 34.4 Å². The Morgan fingerprint density at radius 1 is 0.943 bits per heavy atom. The van der Waals surface area contributed by atoms with E-state index in [4.69, 9.17) is 14.1 Å². The van der Waals surface area contributed by atoms with Crippen LogP contribution in [0, 0.1) is 5.92 Å². The van der Waals surface area contributed by atoms with Crippen LogP contribution in [0.15, 0.2) is 76.1 Å². The number of anilines is 1. The third-order valence-corrected chi connectivity index (χ3v) is 7.58. The molecular formula is C28H23N3O4. The molecular weight excluding hydrogens is 442 g/mol. The molecule has 5 heterocycles. The Bertz CT molecular complexity index is 1490. The minimum absolute atomic E-state index is 0.285. The van der Waals surface area contributed by atoms with Gasteiger partial charge in [0.05, 0.1) is 28.8 Å². The van der Waals surface area contributed by atoms with Gasteiger partial charge in [0.25, 0.3) is 11.8 Å². The number of carbonyl (C=O) groups is 2. The maximum absolute atomic E-state index is 13.2. The molecule has 4 aliphatic heterocycles. The molecule has 0 saturated carbocycles.